The molecule has 1 unspecified atom stereocenters. The Morgan fingerprint density at radius 1 is 1.15 bits per heavy atom. The Hall–Kier alpha value is -2.75. The number of fused-ring (bicyclic) bond motifs is 1. The lowest BCUT2D eigenvalue weighted by atomic mass is 10.0. The van der Waals surface area contributed by atoms with Crippen LogP contribution in [0.2, 0.25) is 0 Å². The van der Waals surface area contributed by atoms with E-state index in [2.05, 4.69) is 0 Å². The van der Waals surface area contributed by atoms with Crippen LogP contribution in [0, 0.1) is 5.82 Å². The van der Waals surface area contributed by atoms with Crippen molar-refractivity contribution in [2.75, 3.05) is 40.0 Å². The molecule has 9 heteroatoms. The lowest BCUT2D eigenvalue weighted by molar-refractivity contribution is -0.135. The van der Waals surface area contributed by atoms with Crippen molar-refractivity contribution in [1.29, 1.82) is 0 Å². The summed E-state index contributed by atoms with van der Waals surface area (Å²) in [7, 11) is 1.56. The van der Waals surface area contributed by atoms with Gasteiger partial charge in [0.05, 0.1) is 17.5 Å². The molecule has 0 aliphatic carbocycles. The van der Waals surface area contributed by atoms with Crippen molar-refractivity contribution < 1.29 is 23.5 Å². The summed E-state index contributed by atoms with van der Waals surface area (Å²) in [5, 5.41) is 3.84. The molecule has 1 aliphatic heterocycles. The van der Waals surface area contributed by atoms with Crippen LogP contribution in [-0.2, 0) is 16.0 Å². The van der Waals surface area contributed by atoms with Crippen LogP contribution in [0.1, 0.15) is 26.2 Å². The molecule has 1 atom stereocenters. The van der Waals surface area contributed by atoms with E-state index in [0.717, 1.165) is 12.0 Å². The maximum absolute atomic E-state index is 14.1. The highest BCUT2D eigenvalue weighted by Crippen LogP contribution is 2.34. The number of thiophene rings is 2. The highest BCUT2D eigenvalue weighted by Gasteiger charge is 2.34. The number of hydrogen-bond acceptors (Lipinski definition) is 6. The number of ether oxygens (including phenoxy) is 2. The van der Waals surface area contributed by atoms with E-state index in [-0.39, 0.29) is 36.8 Å². The fraction of sp³-hybridized carbons (Fsp3) is 0.333. The quantitative estimate of drug-likeness (QED) is 0.452. The molecule has 0 bridgehead atoms. The summed E-state index contributed by atoms with van der Waals surface area (Å²) in [4.78, 5) is 31.4. The summed E-state index contributed by atoms with van der Waals surface area (Å²) in [6, 6.07) is 11.4. The number of hydrogen-bond donors (Lipinski definition) is 0. The van der Waals surface area contributed by atoms with Gasteiger partial charge >= 0.3 is 0 Å². The molecule has 2 aromatic heterocycles. The van der Waals surface area contributed by atoms with Crippen LogP contribution in [0.25, 0.3) is 0 Å². The number of benzene rings is 1. The number of para-hydroxylation sites is 1. The standard InChI is InChI=1S/C24H25FN2O4S2/c1-30-12-11-26(24(29)22-7-4-13-32-22)15-23(28)27-10-8-21-17(9-14-33-21)19(27)16-31-20-6-3-2-5-18(20)25/h2-7,9,13-14,19H,8,10-12,15-16H2,1H3. The number of carbonyl (C=O) groups excluding carboxylic acids is 2. The number of nitrogens with zero attached hydrogens (tertiary/aromatic N) is 2. The lowest BCUT2D eigenvalue weighted by Gasteiger charge is -2.37. The predicted molar refractivity (Wildman–Crippen MR) is 126 cm³/mol. The molecule has 174 valence electrons. The Bertz CT molecular complexity index is 1090. The van der Waals surface area contributed by atoms with Gasteiger partial charge in [-0.15, -0.1) is 22.7 Å². The first-order chi connectivity index (χ1) is 16.1. The second-order valence-corrected chi connectivity index (χ2v) is 9.54. The normalized spacial score (nSPS) is 15.2. The second-order valence-electron chi connectivity index (χ2n) is 7.59. The van der Waals surface area contributed by atoms with Crippen LogP contribution in [0.5, 0.6) is 5.75 Å². The Kier molecular flexibility index (Phi) is 7.74. The Morgan fingerprint density at radius 3 is 2.76 bits per heavy atom. The van der Waals surface area contributed by atoms with Crippen molar-refractivity contribution in [2.24, 2.45) is 0 Å². The molecule has 0 fully saturated rings. The maximum atomic E-state index is 14.1. The molecule has 1 aromatic carbocycles. The van der Waals surface area contributed by atoms with Gasteiger partial charge in [0.15, 0.2) is 11.6 Å². The number of methoxy groups -OCH3 is 1. The molecule has 0 N–H and O–H groups in total. The summed E-state index contributed by atoms with van der Waals surface area (Å²) >= 11 is 2.99. The van der Waals surface area contributed by atoms with Crippen molar-refractivity contribution in [3.8, 4) is 5.75 Å². The predicted octanol–water partition coefficient (Wildman–Crippen LogP) is 4.24. The van der Waals surface area contributed by atoms with Gasteiger partial charge in [-0.2, -0.15) is 0 Å². The zero-order valence-electron chi connectivity index (χ0n) is 18.2. The Labute approximate surface area is 200 Å². The van der Waals surface area contributed by atoms with Crippen molar-refractivity contribution in [3.05, 3.63) is 74.4 Å². The van der Waals surface area contributed by atoms with Gasteiger partial charge in [-0.3, -0.25) is 9.59 Å². The van der Waals surface area contributed by atoms with Gasteiger partial charge in [0.25, 0.3) is 5.91 Å². The molecule has 0 saturated heterocycles. The SMILES string of the molecule is COCCN(CC(=O)N1CCc2sccc2C1COc1ccccc1F)C(=O)c1cccs1. The van der Waals surface area contributed by atoms with Gasteiger partial charge in [-0.1, -0.05) is 18.2 Å². The van der Waals surface area contributed by atoms with Gasteiger partial charge in [-0.05, 0) is 47.0 Å². The Morgan fingerprint density at radius 2 is 2.00 bits per heavy atom. The van der Waals surface area contributed by atoms with Crippen LogP contribution in [0.3, 0.4) is 0 Å². The molecule has 4 rings (SSSR count). The first-order valence-corrected chi connectivity index (χ1v) is 12.4. The van der Waals surface area contributed by atoms with Crippen LogP contribution < -0.4 is 4.74 Å². The molecule has 1 aliphatic rings. The minimum Gasteiger partial charge on any atom is -0.488 e. The highest BCUT2D eigenvalue weighted by molar-refractivity contribution is 7.12. The van der Waals surface area contributed by atoms with Crippen LogP contribution >= 0.6 is 22.7 Å². The number of rotatable bonds is 9. The van der Waals surface area contributed by atoms with Gasteiger partial charge in [0.1, 0.15) is 13.2 Å². The molecule has 0 spiro atoms. The fourth-order valence-corrected chi connectivity index (χ4v) is 5.49. The second kappa shape index (κ2) is 10.9. The molecule has 3 aromatic rings. The summed E-state index contributed by atoms with van der Waals surface area (Å²) in [6.45, 7) is 1.23. The number of halogens is 1. The zero-order chi connectivity index (χ0) is 23.2. The molecule has 3 heterocycles. The molecule has 6 nitrogen and oxygen atoms in total. The van der Waals surface area contributed by atoms with E-state index in [1.54, 1.807) is 47.6 Å². The van der Waals surface area contributed by atoms with Gasteiger partial charge < -0.3 is 19.3 Å². The summed E-state index contributed by atoms with van der Waals surface area (Å²) < 4.78 is 25.0. The fourth-order valence-electron chi connectivity index (χ4n) is 3.87. The average Bonchev–Trinajstić information content (AvgIpc) is 3.52. The topological polar surface area (TPSA) is 59.1 Å². The van der Waals surface area contributed by atoms with Crippen molar-refractivity contribution in [1.82, 2.24) is 9.80 Å². The monoisotopic (exact) mass is 488 g/mol. The average molecular weight is 489 g/mol. The summed E-state index contributed by atoms with van der Waals surface area (Å²) in [5.74, 6) is -0.649. The van der Waals surface area contributed by atoms with Gasteiger partial charge in [0, 0.05) is 25.1 Å². The van der Waals surface area contributed by atoms with Gasteiger partial charge in [0.2, 0.25) is 5.91 Å². The first kappa shape index (κ1) is 23.4. The number of carbonyl (C=O) groups is 2. The smallest absolute Gasteiger partial charge is 0.264 e. The van der Waals surface area contributed by atoms with E-state index in [1.807, 2.05) is 22.9 Å². The van der Waals surface area contributed by atoms with Gasteiger partial charge in [-0.25, -0.2) is 4.39 Å². The minimum atomic E-state index is -0.441. The maximum Gasteiger partial charge on any atom is 0.264 e. The van der Waals surface area contributed by atoms with E-state index in [1.165, 1.54) is 27.2 Å². The van der Waals surface area contributed by atoms with E-state index in [9.17, 15) is 14.0 Å². The number of amides is 2. The molecule has 33 heavy (non-hydrogen) atoms. The molecular weight excluding hydrogens is 463 g/mol. The third kappa shape index (κ3) is 5.43. The Balaban J connectivity index is 1.52. The highest BCUT2D eigenvalue weighted by atomic mass is 32.1. The molecule has 2 amide bonds. The first-order valence-electron chi connectivity index (χ1n) is 10.6. The summed E-state index contributed by atoms with van der Waals surface area (Å²) in [6.07, 6.45) is 0.742. The van der Waals surface area contributed by atoms with E-state index in [4.69, 9.17) is 9.47 Å². The van der Waals surface area contributed by atoms with Crippen LogP contribution in [0.15, 0.2) is 53.2 Å². The largest absolute Gasteiger partial charge is 0.488 e. The molecule has 0 saturated carbocycles. The lowest BCUT2D eigenvalue weighted by Crippen LogP contribution is -2.48. The summed E-state index contributed by atoms with van der Waals surface area (Å²) in [5.41, 5.74) is 1.02. The van der Waals surface area contributed by atoms with Crippen molar-refractivity contribution in [3.63, 3.8) is 0 Å². The van der Waals surface area contributed by atoms with E-state index < -0.39 is 5.82 Å². The van der Waals surface area contributed by atoms with E-state index in [0.29, 0.717) is 24.6 Å². The molecule has 0 radical (unpaired) electrons. The third-order valence-electron chi connectivity index (χ3n) is 5.56. The van der Waals surface area contributed by atoms with Crippen LogP contribution in [-0.4, -0.2) is 61.6 Å². The third-order valence-corrected chi connectivity index (χ3v) is 7.41. The van der Waals surface area contributed by atoms with Crippen molar-refractivity contribution >= 4 is 34.5 Å². The minimum absolute atomic E-state index is 0.0598. The zero-order valence-corrected chi connectivity index (χ0v) is 19.9. The van der Waals surface area contributed by atoms with E-state index >= 15 is 0 Å². The van der Waals surface area contributed by atoms with Crippen molar-refractivity contribution in [2.45, 2.75) is 12.5 Å². The van der Waals surface area contributed by atoms with Crippen LogP contribution in [0.4, 0.5) is 4.39 Å². The molecular formula is C24H25FN2O4S2.